The van der Waals surface area contributed by atoms with Crippen LogP contribution < -0.4 is 30.2 Å². The monoisotopic (exact) mass is 694 g/mol. The average molecular weight is 695 g/mol. The van der Waals surface area contributed by atoms with Crippen LogP contribution in [0.15, 0.2) is 113 Å². The fourth-order valence-electron chi connectivity index (χ4n) is 4.59. The largest absolute Gasteiger partial charge is 0.497 e. The molecule has 0 aliphatic rings. The highest BCUT2D eigenvalue weighted by Gasteiger charge is 2.19. The minimum atomic E-state index is -0.557. The molecule has 250 valence electrons. The summed E-state index contributed by atoms with van der Waals surface area (Å²) in [5.74, 6) is 0.568. The second-order valence-corrected chi connectivity index (χ2v) is 12.8. The molecule has 1 atom stereocenters. The van der Waals surface area contributed by atoms with Crippen molar-refractivity contribution in [1.82, 2.24) is 10.3 Å². The lowest BCUT2D eigenvalue weighted by molar-refractivity contribution is -0.115. The van der Waals surface area contributed by atoms with Crippen molar-refractivity contribution in [2.24, 2.45) is 0 Å². The molecule has 0 fully saturated rings. The Hall–Kier alpha value is -5.59. The van der Waals surface area contributed by atoms with Gasteiger partial charge in [0.25, 0.3) is 11.8 Å². The number of amides is 3. The number of rotatable bonds is 13. The van der Waals surface area contributed by atoms with E-state index in [1.807, 2.05) is 35.7 Å². The van der Waals surface area contributed by atoms with Crippen molar-refractivity contribution in [2.75, 3.05) is 32.0 Å². The molecular weight excluding hydrogens is 661 g/mol. The first-order valence-electron chi connectivity index (χ1n) is 15.0. The number of hydrogen-bond acceptors (Lipinski definition) is 9. The summed E-state index contributed by atoms with van der Waals surface area (Å²) in [6.45, 7) is 1.80. The predicted molar refractivity (Wildman–Crippen MR) is 195 cm³/mol. The van der Waals surface area contributed by atoms with Gasteiger partial charge in [-0.05, 0) is 85.8 Å². The van der Waals surface area contributed by atoms with Gasteiger partial charge in [0.15, 0.2) is 5.13 Å². The number of ether oxygens (including phenoxy) is 3. The van der Waals surface area contributed by atoms with Crippen LogP contribution >= 0.6 is 23.1 Å². The third-order valence-corrected chi connectivity index (χ3v) is 9.01. The third kappa shape index (κ3) is 9.28. The Balaban J connectivity index is 1.28. The molecule has 4 aromatic carbocycles. The molecule has 0 saturated carbocycles. The van der Waals surface area contributed by atoms with E-state index in [1.54, 1.807) is 80.8 Å². The summed E-state index contributed by atoms with van der Waals surface area (Å²) >= 11 is 2.68. The summed E-state index contributed by atoms with van der Waals surface area (Å²) in [7, 11) is 4.67. The normalized spacial score (nSPS) is 11.6. The SMILES string of the molecule is COc1ccc(-c2csc(NC(=O)C(C)Sc3cccc(NC(=O)/C(=C\c4cc(OC)ccc4OC)NC(=O)c4ccccc4)c3)n2)cc1. The number of thiazole rings is 1. The number of carbonyl (C=O) groups excluding carboxylic acids is 3. The van der Waals surface area contributed by atoms with E-state index < -0.39 is 17.1 Å². The number of aromatic nitrogens is 1. The molecule has 5 aromatic rings. The van der Waals surface area contributed by atoms with E-state index in [0.717, 1.165) is 21.9 Å². The average Bonchev–Trinajstić information content (AvgIpc) is 3.60. The molecule has 0 saturated heterocycles. The highest BCUT2D eigenvalue weighted by Crippen LogP contribution is 2.30. The summed E-state index contributed by atoms with van der Waals surface area (Å²) in [4.78, 5) is 45.2. The molecular formula is C37H34N4O6S2. The van der Waals surface area contributed by atoms with Gasteiger partial charge in [0, 0.05) is 32.7 Å². The molecule has 0 radical (unpaired) electrons. The first-order chi connectivity index (χ1) is 23.8. The van der Waals surface area contributed by atoms with E-state index in [0.29, 0.717) is 33.4 Å². The summed E-state index contributed by atoms with van der Waals surface area (Å²) in [5.41, 5.74) is 3.05. The van der Waals surface area contributed by atoms with E-state index in [9.17, 15) is 14.4 Å². The Labute approximate surface area is 292 Å². The Morgan fingerprint density at radius 2 is 1.55 bits per heavy atom. The van der Waals surface area contributed by atoms with Crippen LogP contribution in [0.5, 0.6) is 17.2 Å². The smallest absolute Gasteiger partial charge is 0.272 e. The predicted octanol–water partition coefficient (Wildman–Crippen LogP) is 7.36. The number of carbonyl (C=O) groups is 3. The van der Waals surface area contributed by atoms with E-state index in [-0.39, 0.29) is 11.6 Å². The summed E-state index contributed by atoms with van der Waals surface area (Å²) in [6.07, 6.45) is 1.53. The molecule has 1 unspecified atom stereocenters. The van der Waals surface area contributed by atoms with E-state index in [4.69, 9.17) is 14.2 Å². The first kappa shape index (κ1) is 34.7. The van der Waals surface area contributed by atoms with Gasteiger partial charge in [-0.25, -0.2) is 4.98 Å². The van der Waals surface area contributed by atoms with Crippen LogP contribution in [0.25, 0.3) is 17.3 Å². The lowest BCUT2D eigenvalue weighted by Gasteiger charge is -2.14. The highest BCUT2D eigenvalue weighted by molar-refractivity contribution is 8.00. The van der Waals surface area contributed by atoms with Crippen molar-refractivity contribution in [3.63, 3.8) is 0 Å². The van der Waals surface area contributed by atoms with Gasteiger partial charge in [0.05, 0.1) is 32.3 Å². The van der Waals surface area contributed by atoms with Crippen LogP contribution in [-0.2, 0) is 9.59 Å². The molecule has 0 bridgehead atoms. The zero-order chi connectivity index (χ0) is 34.8. The van der Waals surface area contributed by atoms with Gasteiger partial charge in [-0.1, -0.05) is 24.3 Å². The number of anilines is 2. The molecule has 0 aliphatic heterocycles. The van der Waals surface area contributed by atoms with E-state index in [2.05, 4.69) is 20.9 Å². The van der Waals surface area contributed by atoms with Gasteiger partial charge in [-0.15, -0.1) is 23.1 Å². The summed E-state index contributed by atoms with van der Waals surface area (Å²) < 4.78 is 16.1. The third-order valence-electron chi connectivity index (χ3n) is 7.16. The number of nitrogens with one attached hydrogen (secondary N) is 3. The van der Waals surface area contributed by atoms with Crippen LogP contribution in [0.4, 0.5) is 10.8 Å². The maximum atomic E-state index is 13.7. The topological polar surface area (TPSA) is 128 Å². The minimum Gasteiger partial charge on any atom is -0.497 e. The number of nitrogens with zero attached hydrogens (tertiary/aromatic N) is 1. The van der Waals surface area contributed by atoms with Gasteiger partial charge in [0.2, 0.25) is 5.91 Å². The van der Waals surface area contributed by atoms with Crippen LogP contribution in [0, 0.1) is 0 Å². The molecule has 1 aromatic heterocycles. The molecule has 0 spiro atoms. The van der Waals surface area contributed by atoms with E-state index >= 15 is 0 Å². The van der Waals surface area contributed by atoms with Gasteiger partial charge in [0.1, 0.15) is 22.9 Å². The molecule has 0 aliphatic carbocycles. The zero-order valence-electron chi connectivity index (χ0n) is 27.2. The highest BCUT2D eigenvalue weighted by atomic mass is 32.2. The standard InChI is InChI=1S/C37H34N4O6S2/c1-23(34(42)41-37-40-32(22-48-37)24-13-15-28(45-2)16-14-24)49-30-12-8-11-27(21-30)38-36(44)31(39-35(43)25-9-6-5-7-10-25)20-26-19-29(46-3)17-18-33(26)47-4/h5-23H,1-4H3,(H,38,44)(H,39,43)(H,40,41,42)/b31-20+. The maximum Gasteiger partial charge on any atom is 0.272 e. The van der Waals surface area contributed by atoms with Crippen LogP contribution in [-0.4, -0.2) is 49.3 Å². The Morgan fingerprint density at radius 3 is 2.27 bits per heavy atom. The number of hydrogen-bond donors (Lipinski definition) is 3. The summed E-state index contributed by atoms with van der Waals surface area (Å²) in [6, 6.07) is 28.4. The number of methoxy groups -OCH3 is 3. The molecule has 3 amide bonds. The first-order valence-corrected chi connectivity index (χ1v) is 16.8. The van der Waals surface area contributed by atoms with Crippen molar-refractivity contribution < 1.29 is 28.6 Å². The van der Waals surface area contributed by atoms with Crippen molar-refractivity contribution in [3.8, 4) is 28.5 Å². The fourth-order valence-corrected chi connectivity index (χ4v) is 6.23. The van der Waals surface area contributed by atoms with Gasteiger partial charge < -0.3 is 30.2 Å². The lowest BCUT2D eigenvalue weighted by Crippen LogP contribution is -2.30. The van der Waals surface area contributed by atoms with Gasteiger partial charge in [-0.3, -0.25) is 14.4 Å². The second kappa shape index (κ2) is 16.5. The van der Waals surface area contributed by atoms with Crippen LogP contribution in [0.2, 0.25) is 0 Å². The van der Waals surface area contributed by atoms with Crippen LogP contribution in [0.3, 0.4) is 0 Å². The van der Waals surface area contributed by atoms with E-state index in [1.165, 1.54) is 43.4 Å². The Kier molecular flexibility index (Phi) is 11.7. The molecule has 10 nitrogen and oxygen atoms in total. The quantitative estimate of drug-likeness (QED) is 0.0862. The van der Waals surface area contributed by atoms with Gasteiger partial charge in [-0.2, -0.15) is 0 Å². The van der Waals surface area contributed by atoms with Crippen molar-refractivity contribution >= 4 is 57.7 Å². The molecule has 5 rings (SSSR count). The lowest BCUT2D eigenvalue weighted by atomic mass is 10.1. The van der Waals surface area contributed by atoms with Crippen molar-refractivity contribution in [3.05, 3.63) is 119 Å². The Morgan fingerprint density at radius 1 is 0.816 bits per heavy atom. The Bertz CT molecular complexity index is 1960. The number of thioether (sulfide) groups is 1. The fraction of sp³-hybridized carbons (Fsp3) is 0.135. The molecule has 12 heteroatoms. The second-order valence-electron chi connectivity index (χ2n) is 10.5. The minimum absolute atomic E-state index is 0.0105. The molecule has 3 N–H and O–H groups in total. The number of benzene rings is 4. The van der Waals surface area contributed by atoms with Gasteiger partial charge >= 0.3 is 0 Å². The maximum absolute atomic E-state index is 13.7. The van der Waals surface area contributed by atoms with Crippen molar-refractivity contribution in [1.29, 1.82) is 0 Å². The zero-order valence-corrected chi connectivity index (χ0v) is 28.8. The van der Waals surface area contributed by atoms with Crippen LogP contribution in [0.1, 0.15) is 22.8 Å². The molecule has 49 heavy (non-hydrogen) atoms. The summed E-state index contributed by atoms with van der Waals surface area (Å²) in [5, 5.41) is 10.4. The van der Waals surface area contributed by atoms with Crippen molar-refractivity contribution in [2.45, 2.75) is 17.1 Å². The molecule has 1 heterocycles.